The van der Waals surface area contributed by atoms with Gasteiger partial charge in [0.05, 0.1) is 23.9 Å². The third-order valence-electron chi connectivity index (χ3n) is 10.5. The molecule has 0 aromatic rings. The standard InChI is InChI=1S/C31H52O2.C9H15NO3/c1-22-13-16-26(33-29(3,4)5)21-25(22)15-14-24-12-10-20-31(8)27(17-18-28(24)31)23(2)11-9-19-30(6,7)32;1-9(2,3)6-13-10-7(11)4-5-8(10)12/h14-15,23,26-28,32H,1,9-13,16-21H2,2-8H3;4-6H2,1-3H3/b24-14+,25-15-;/t23-,26+,27-,28+,31-;/m1./s1. The first kappa shape index (κ1) is 38.7. The molecule has 46 heavy (non-hydrogen) atoms. The van der Waals surface area contributed by atoms with Crippen molar-refractivity contribution in [3.63, 3.8) is 0 Å². The van der Waals surface area contributed by atoms with Gasteiger partial charge < -0.3 is 9.84 Å². The zero-order chi connectivity index (χ0) is 34.5. The highest BCUT2D eigenvalue weighted by atomic mass is 16.7. The Hall–Kier alpha value is -1.76. The molecule has 4 fully saturated rings. The SMILES string of the molecule is C=C1CC[C@H](OC(C)(C)C)C/C1=C/C=C1\CCC[C@]2(C)[C@@H]([C@H](C)CCCC(C)(C)O)CC[C@@H]12.CC(C)(C)CON1C(=O)CCC1=O. The molecule has 1 aliphatic heterocycles. The molecule has 6 nitrogen and oxygen atoms in total. The lowest BCUT2D eigenvalue weighted by molar-refractivity contribution is -0.194. The number of ether oxygens (including phenoxy) is 1. The number of imide groups is 1. The number of nitrogens with zero attached hydrogens (tertiary/aromatic N) is 1. The van der Waals surface area contributed by atoms with E-state index in [1.165, 1.54) is 49.7 Å². The molecule has 4 rings (SSSR count). The summed E-state index contributed by atoms with van der Waals surface area (Å²) in [4.78, 5) is 27.3. The van der Waals surface area contributed by atoms with Gasteiger partial charge in [-0.1, -0.05) is 77.3 Å². The first-order chi connectivity index (χ1) is 21.2. The van der Waals surface area contributed by atoms with Crippen LogP contribution in [0.5, 0.6) is 0 Å². The third kappa shape index (κ3) is 11.4. The molecule has 262 valence electrons. The van der Waals surface area contributed by atoms with Crippen LogP contribution in [0.1, 0.15) is 153 Å². The maximum Gasteiger partial charge on any atom is 0.253 e. The molecule has 1 saturated heterocycles. The van der Waals surface area contributed by atoms with Crippen LogP contribution in [0.4, 0.5) is 0 Å². The van der Waals surface area contributed by atoms with Gasteiger partial charge in [-0.2, -0.15) is 5.06 Å². The van der Waals surface area contributed by atoms with Crippen molar-refractivity contribution in [1.82, 2.24) is 5.06 Å². The van der Waals surface area contributed by atoms with E-state index in [4.69, 9.17) is 9.57 Å². The highest BCUT2D eigenvalue weighted by Crippen LogP contribution is 2.60. The van der Waals surface area contributed by atoms with Gasteiger partial charge in [-0.25, -0.2) is 0 Å². The number of amides is 2. The Labute approximate surface area is 281 Å². The molecule has 6 heteroatoms. The number of hydrogen-bond acceptors (Lipinski definition) is 5. The third-order valence-corrected chi connectivity index (χ3v) is 10.5. The van der Waals surface area contributed by atoms with Crippen molar-refractivity contribution < 1.29 is 24.3 Å². The van der Waals surface area contributed by atoms with Crippen LogP contribution in [-0.4, -0.2) is 45.9 Å². The van der Waals surface area contributed by atoms with Crippen LogP contribution in [0.2, 0.25) is 0 Å². The first-order valence-electron chi connectivity index (χ1n) is 18.2. The molecule has 1 heterocycles. The van der Waals surface area contributed by atoms with E-state index in [2.05, 4.69) is 53.3 Å². The van der Waals surface area contributed by atoms with Crippen LogP contribution in [-0.2, 0) is 19.2 Å². The topological polar surface area (TPSA) is 76.1 Å². The number of allylic oxidation sites excluding steroid dienone is 4. The lowest BCUT2D eigenvalue weighted by Crippen LogP contribution is -2.36. The molecule has 3 saturated carbocycles. The smallest absolute Gasteiger partial charge is 0.253 e. The van der Waals surface area contributed by atoms with Crippen molar-refractivity contribution >= 4 is 11.8 Å². The van der Waals surface area contributed by atoms with E-state index in [9.17, 15) is 14.7 Å². The fraction of sp³-hybridized carbons (Fsp3) is 0.800. The van der Waals surface area contributed by atoms with Crippen LogP contribution in [0, 0.1) is 28.6 Å². The Morgan fingerprint density at radius 2 is 1.63 bits per heavy atom. The van der Waals surface area contributed by atoms with Gasteiger partial charge in [0.25, 0.3) is 11.8 Å². The summed E-state index contributed by atoms with van der Waals surface area (Å²) in [5.41, 5.74) is 4.20. The molecular weight excluding hydrogens is 574 g/mol. The highest BCUT2D eigenvalue weighted by Gasteiger charge is 2.50. The summed E-state index contributed by atoms with van der Waals surface area (Å²) in [5, 5.41) is 11.0. The summed E-state index contributed by atoms with van der Waals surface area (Å²) in [6.07, 6.45) is 18.9. The molecule has 0 aromatic carbocycles. The van der Waals surface area contributed by atoms with Crippen LogP contribution in [0.15, 0.2) is 35.5 Å². The Bertz CT molecular complexity index is 1110. The second-order valence-electron chi connectivity index (χ2n) is 17.8. The normalized spacial score (nSPS) is 30.1. The van der Waals surface area contributed by atoms with Crippen molar-refractivity contribution in [1.29, 1.82) is 0 Å². The summed E-state index contributed by atoms with van der Waals surface area (Å²) in [6.45, 7) is 26.1. The second-order valence-corrected chi connectivity index (χ2v) is 17.8. The summed E-state index contributed by atoms with van der Waals surface area (Å²) in [5.74, 6) is 1.84. The zero-order valence-corrected chi connectivity index (χ0v) is 31.1. The fourth-order valence-electron chi connectivity index (χ4n) is 8.21. The van der Waals surface area contributed by atoms with Gasteiger partial charge in [0.1, 0.15) is 0 Å². The van der Waals surface area contributed by atoms with Crippen LogP contribution >= 0.6 is 0 Å². The summed E-state index contributed by atoms with van der Waals surface area (Å²) >= 11 is 0. The molecule has 0 bridgehead atoms. The molecule has 0 aromatic heterocycles. The molecule has 0 unspecified atom stereocenters. The predicted molar refractivity (Wildman–Crippen MR) is 188 cm³/mol. The van der Waals surface area contributed by atoms with Gasteiger partial charge in [0.2, 0.25) is 0 Å². The van der Waals surface area contributed by atoms with E-state index in [1.54, 1.807) is 5.57 Å². The second kappa shape index (κ2) is 15.6. The van der Waals surface area contributed by atoms with Crippen LogP contribution in [0.3, 0.4) is 0 Å². The number of hydrogen-bond donors (Lipinski definition) is 1. The summed E-state index contributed by atoms with van der Waals surface area (Å²) in [6, 6.07) is 0. The summed E-state index contributed by atoms with van der Waals surface area (Å²) < 4.78 is 6.31. The predicted octanol–water partition coefficient (Wildman–Crippen LogP) is 9.67. The molecule has 1 N–H and O–H groups in total. The molecule has 3 aliphatic carbocycles. The monoisotopic (exact) mass is 642 g/mol. The average molecular weight is 642 g/mol. The minimum absolute atomic E-state index is 0.0385. The van der Waals surface area contributed by atoms with Gasteiger partial charge in [-0.05, 0) is 127 Å². The molecule has 2 amide bonds. The van der Waals surface area contributed by atoms with Gasteiger partial charge in [-0.15, -0.1) is 0 Å². The maximum atomic E-state index is 11.1. The van der Waals surface area contributed by atoms with Crippen molar-refractivity contribution in [2.75, 3.05) is 6.61 Å². The molecule has 5 atom stereocenters. The quantitative estimate of drug-likeness (QED) is 0.254. The molecule has 0 spiro atoms. The highest BCUT2D eigenvalue weighted by molar-refractivity contribution is 6.00. The van der Waals surface area contributed by atoms with Crippen molar-refractivity contribution in [3.05, 3.63) is 35.5 Å². The minimum Gasteiger partial charge on any atom is -0.390 e. The number of aliphatic hydroxyl groups is 1. The zero-order valence-electron chi connectivity index (χ0n) is 31.1. The number of carbonyl (C=O) groups is 2. The fourth-order valence-corrected chi connectivity index (χ4v) is 8.21. The van der Waals surface area contributed by atoms with Crippen molar-refractivity contribution in [2.24, 2.45) is 28.6 Å². The van der Waals surface area contributed by atoms with E-state index in [1.807, 2.05) is 34.6 Å². The maximum absolute atomic E-state index is 11.1. The van der Waals surface area contributed by atoms with E-state index < -0.39 is 5.60 Å². The Morgan fingerprint density at radius 1 is 0.978 bits per heavy atom. The van der Waals surface area contributed by atoms with E-state index in [0.717, 1.165) is 54.9 Å². The lowest BCUT2D eigenvalue weighted by Gasteiger charge is -2.44. The van der Waals surface area contributed by atoms with E-state index in [0.29, 0.717) is 18.1 Å². The number of rotatable bonds is 9. The number of hydroxylamine groups is 2. The van der Waals surface area contributed by atoms with Crippen molar-refractivity contribution in [3.8, 4) is 0 Å². The van der Waals surface area contributed by atoms with Gasteiger partial charge in [-0.3, -0.25) is 14.4 Å². The minimum atomic E-state index is -0.532. The van der Waals surface area contributed by atoms with Crippen molar-refractivity contribution in [2.45, 2.75) is 170 Å². The lowest BCUT2D eigenvalue weighted by atomic mass is 9.60. The largest absolute Gasteiger partial charge is 0.390 e. The molecule has 0 radical (unpaired) electrons. The number of fused-ring (bicyclic) bond motifs is 1. The first-order valence-corrected chi connectivity index (χ1v) is 18.2. The Balaban J connectivity index is 0.000000370. The van der Waals surface area contributed by atoms with Crippen LogP contribution < -0.4 is 0 Å². The van der Waals surface area contributed by atoms with Gasteiger partial charge in [0.15, 0.2) is 0 Å². The average Bonchev–Trinajstić information content (AvgIpc) is 3.44. The van der Waals surface area contributed by atoms with Gasteiger partial charge in [0, 0.05) is 12.8 Å². The molecular formula is C40H67NO5. The molecule has 4 aliphatic rings. The Morgan fingerprint density at radius 3 is 2.22 bits per heavy atom. The number of carbonyl (C=O) groups excluding carboxylic acids is 2. The summed E-state index contributed by atoms with van der Waals surface area (Å²) in [7, 11) is 0. The van der Waals surface area contributed by atoms with E-state index >= 15 is 0 Å². The Kier molecular flexibility index (Phi) is 13.2. The van der Waals surface area contributed by atoms with Crippen LogP contribution in [0.25, 0.3) is 0 Å². The van der Waals surface area contributed by atoms with E-state index in [-0.39, 0.29) is 35.7 Å². The van der Waals surface area contributed by atoms with Gasteiger partial charge >= 0.3 is 0 Å².